The summed E-state index contributed by atoms with van der Waals surface area (Å²) in [5.74, 6) is -1.38. The minimum atomic E-state index is -4.00. The Morgan fingerprint density at radius 3 is 2.70 bits per heavy atom. The second kappa shape index (κ2) is 5.66. The molecule has 1 aliphatic rings. The lowest BCUT2D eigenvalue weighted by Gasteiger charge is -2.24. The summed E-state index contributed by atoms with van der Waals surface area (Å²) in [6, 6.07) is 3.22. The highest BCUT2D eigenvalue weighted by Gasteiger charge is 2.42. The summed E-state index contributed by atoms with van der Waals surface area (Å²) in [5.41, 5.74) is -0.0905. The zero-order valence-corrected chi connectivity index (χ0v) is 13.0. The summed E-state index contributed by atoms with van der Waals surface area (Å²) in [4.78, 5) is 0. The average molecular weight is 343 g/mol. The van der Waals surface area contributed by atoms with Crippen LogP contribution in [-0.4, -0.2) is 40.3 Å². The molecule has 0 radical (unpaired) electrons. The molecule has 0 amide bonds. The Labute approximate surface area is 132 Å². The van der Waals surface area contributed by atoms with Crippen LogP contribution in [-0.2, 0) is 17.1 Å². The van der Waals surface area contributed by atoms with Gasteiger partial charge in [-0.1, -0.05) is 0 Å². The van der Waals surface area contributed by atoms with Gasteiger partial charge in [0.2, 0.25) is 0 Å². The zero-order valence-electron chi connectivity index (χ0n) is 12.2. The molecule has 1 saturated heterocycles. The molecule has 124 valence electrons. The van der Waals surface area contributed by atoms with E-state index in [1.807, 2.05) is 0 Å². The first-order chi connectivity index (χ1) is 10.8. The van der Waals surface area contributed by atoms with Crippen LogP contribution in [0.2, 0.25) is 0 Å². The summed E-state index contributed by atoms with van der Waals surface area (Å²) in [5, 5.41) is 13.6. The molecule has 0 saturated carbocycles. The van der Waals surface area contributed by atoms with Gasteiger partial charge in [0.15, 0.2) is 5.03 Å². The summed E-state index contributed by atoms with van der Waals surface area (Å²) in [6.07, 6.45) is 0.375. The lowest BCUT2D eigenvalue weighted by molar-refractivity contribution is 0.188. The summed E-state index contributed by atoms with van der Waals surface area (Å²) in [6.45, 7) is -0.186. The number of benzene rings is 1. The molecule has 23 heavy (non-hydrogen) atoms. The van der Waals surface area contributed by atoms with Crippen LogP contribution in [0.15, 0.2) is 35.5 Å². The SMILES string of the molecule is Cn1nccc1S(=O)(=O)N1CC(O)CC1c1cc(F)ccc1F. The van der Waals surface area contributed by atoms with Crippen molar-refractivity contribution in [2.75, 3.05) is 6.54 Å². The second-order valence-electron chi connectivity index (χ2n) is 5.44. The van der Waals surface area contributed by atoms with Crippen molar-refractivity contribution in [3.05, 3.63) is 47.7 Å². The fraction of sp³-hybridized carbons (Fsp3) is 0.357. The molecule has 1 aromatic carbocycles. The molecule has 1 aliphatic heterocycles. The molecule has 2 heterocycles. The lowest BCUT2D eigenvalue weighted by Crippen LogP contribution is -2.33. The van der Waals surface area contributed by atoms with E-state index in [9.17, 15) is 22.3 Å². The van der Waals surface area contributed by atoms with Crippen LogP contribution in [0.5, 0.6) is 0 Å². The number of aliphatic hydroxyl groups is 1. The molecule has 3 rings (SSSR count). The molecular weight excluding hydrogens is 328 g/mol. The Kier molecular flexibility index (Phi) is 3.95. The molecular formula is C14H15F2N3O3S. The first kappa shape index (κ1) is 16.0. The van der Waals surface area contributed by atoms with Crippen molar-refractivity contribution in [1.29, 1.82) is 0 Å². The van der Waals surface area contributed by atoms with Gasteiger partial charge in [-0.3, -0.25) is 4.68 Å². The Morgan fingerprint density at radius 2 is 2.04 bits per heavy atom. The highest BCUT2D eigenvalue weighted by atomic mass is 32.2. The number of aromatic nitrogens is 2. The number of nitrogens with zero attached hydrogens (tertiary/aromatic N) is 3. The number of rotatable bonds is 3. The van der Waals surface area contributed by atoms with Gasteiger partial charge >= 0.3 is 0 Å². The average Bonchev–Trinajstić information content (AvgIpc) is 3.08. The predicted octanol–water partition coefficient (Wildman–Crippen LogP) is 1.19. The summed E-state index contributed by atoms with van der Waals surface area (Å²) >= 11 is 0. The van der Waals surface area contributed by atoms with Crippen molar-refractivity contribution < 1.29 is 22.3 Å². The van der Waals surface area contributed by atoms with Gasteiger partial charge in [-0.25, -0.2) is 17.2 Å². The summed E-state index contributed by atoms with van der Waals surface area (Å²) in [7, 11) is -2.53. The van der Waals surface area contributed by atoms with Gasteiger partial charge in [-0.15, -0.1) is 0 Å². The standard InChI is InChI=1S/C14H15F2N3O3S/c1-18-14(4-5-17-18)23(21,22)19-8-10(20)7-13(19)11-6-9(15)2-3-12(11)16/h2-6,10,13,20H,7-8H2,1H3. The molecule has 0 spiro atoms. The topological polar surface area (TPSA) is 75.4 Å². The Bertz CT molecular complexity index is 838. The first-order valence-electron chi connectivity index (χ1n) is 6.93. The molecule has 1 fully saturated rings. The highest BCUT2D eigenvalue weighted by molar-refractivity contribution is 7.89. The van der Waals surface area contributed by atoms with Crippen LogP contribution in [0.1, 0.15) is 18.0 Å². The second-order valence-corrected chi connectivity index (χ2v) is 7.28. The van der Waals surface area contributed by atoms with Crippen molar-refractivity contribution in [1.82, 2.24) is 14.1 Å². The van der Waals surface area contributed by atoms with Gasteiger partial charge < -0.3 is 5.11 Å². The number of aryl methyl sites for hydroxylation is 1. The van der Waals surface area contributed by atoms with E-state index in [4.69, 9.17) is 0 Å². The van der Waals surface area contributed by atoms with Crippen LogP contribution >= 0.6 is 0 Å². The van der Waals surface area contributed by atoms with Gasteiger partial charge in [0.1, 0.15) is 11.6 Å². The van der Waals surface area contributed by atoms with E-state index in [0.29, 0.717) is 0 Å². The third-order valence-corrected chi connectivity index (χ3v) is 5.85. The van der Waals surface area contributed by atoms with E-state index in [2.05, 4.69) is 5.10 Å². The molecule has 0 aliphatic carbocycles. The maximum absolute atomic E-state index is 14.0. The maximum atomic E-state index is 14.0. The summed E-state index contributed by atoms with van der Waals surface area (Å²) < 4.78 is 55.2. The van der Waals surface area contributed by atoms with Crippen molar-refractivity contribution in [2.24, 2.45) is 7.05 Å². The van der Waals surface area contributed by atoms with Crippen molar-refractivity contribution in [3.8, 4) is 0 Å². The zero-order chi connectivity index (χ0) is 16.8. The van der Waals surface area contributed by atoms with E-state index in [1.54, 1.807) is 0 Å². The van der Waals surface area contributed by atoms with Gasteiger partial charge in [-0.2, -0.15) is 9.40 Å². The van der Waals surface area contributed by atoms with Crippen LogP contribution < -0.4 is 0 Å². The molecule has 2 aromatic rings. The Balaban J connectivity index is 2.07. The number of halogens is 2. The van der Waals surface area contributed by atoms with Crippen molar-refractivity contribution in [2.45, 2.75) is 23.6 Å². The Morgan fingerprint density at radius 1 is 1.30 bits per heavy atom. The van der Waals surface area contributed by atoms with Crippen molar-refractivity contribution >= 4 is 10.0 Å². The predicted molar refractivity (Wildman–Crippen MR) is 76.8 cm³/mol. The van der Waals surface area contributed by atoms with E-state index < -0.39 is 33.8 Å². The molecule has 2 atom stereocenters. The molecule has 2 unspecified atom stereocenters. The minimum absolute atomic E-state index is 0.00253. The number of hydrogen-bond donors (Lipinski definition) is 1. The first-order valence-corrected chi connectivity index (χ1v) is 8.37. The smallest absolute Gasteiger partial charge is 0.260 e. The van der Waals surface area contributed by atoms with Gasteiger partial charge in [0, 0.05) is 19.2 Å². The molecule has 0 bridgehead atoms. The monoisotopic (exact) mass is 343 g/mol. The van der Waals surface area contributed by atoms with Gasteiger partial charge in [0.25, 0.3) is 10.0 Å². The van der Waals surface area contributed by atoms with Crippen LogP contribution in [0.25, 0.3) is 0 Å². The fourth-order valence-electron chi connectivity index (χ4n) is 2.84. The Hall–Kier alpha value is -1.84. The van der Waals surface area contributed by atoms with Crippen molar-refractivity contribution in [3.63, 3.8) is 0 Å². The normalized spacial score (nSPS) is 22.6. The number of hydrogen-bond acceptors (Lipinski definition) is 4. The largest absolute Gasteiger partial charge is 0.392 e. The van der Waals surface area contributed by atoms with Gasteiger partial charge in [-0.05, 0) is 30.7 Å². The fourth-order valence-corrected chi connectivity index (χ4v) is 4.59. The van der Waals surface area contributed by atoms with E-state index in [1.165, 1.54) is 24.0 Å². The van der Waals surface area contributed by atoms with Crippen LogP contribution in [0, 0.1) is 11.6 Å². The molecule has 9 heteroatoms. The third kappa shape index (κ3) is 2.75. The molecule has 1 N–H and O–H groups in total. The quantitative estimate of drug-likeness (QED) is 0.909. The van der Waals surface area contributed by atoms with E-state index in [0.717, 1.165) is 22.5 Å². The van der Waals surface area contributed by atoms with Crippen LogP contribution in [0.4, 0.5) is 8.78 Å². The molecule has 6 nitrogen and oxygen atoms in total. The maximum Gasteiger partial charge on any atom is 0.260 e. The third-order valence-electron chi connectivity index (χ3n) is 3.90. The van der Waals surface area contributed by atoms with E-state index in [-0.39, 0.29) is 23.6 Å². The number of aliphatic hydroxyl groups excluding tert-OH is 1. The number of sulfonamides is 1. The van der Waals surface area contributed by atoms with E-state index >= 15 is 0 Å². The van der Waals surface area contributed by atoms with Crippen LogP contribution in [0.3, 0.4) is 0 Å². The molecule has 1 aromatic heterocycles. The van der Waals surface area contributed by atoms with Gasteiger partial charge in [0.05, 0.1) is 18.3 Å². The number of β-amino-alcohol motifs (C(OH)–C–C–N with tert-alkyl or cyclic N) is 1. The highest BCUT2D eigenvalue weighted by Crippen LogP contribution is 2.37. The lowest BCUT2D eigenvalue weighted by atomic mass is 10.0. The minimum Gasteiger partial charge on any atom is -0.392 e.